The van der Waals surface area contributed by atoms with Crippen molar-refractivity contribution in [1.29, 1.82) is 0 Å². The minimum absolute atomic E-state index is 0.234. The molecule has 0 bridgehead atoms. The van der Waals surface area contributed by atoms with Gasteiger partial charge in [-0.3, -0.25) is 4.79 Å². The number of ether oxygens (including phenoxy) is 5. The Balaban J connectivity index is 1.45. The third-order valence-corrected chi connectivity index (χ3v) is 8.22. The van der Waals surface area contributed by atoms with E-state index in [0.717, 1.165) is 10.8 Å². The van der Waals surface area contributed by atoms with Crippen LogP contribution >= 0.6 is 0 Å². The van der Waals surface area contributed by atoms with Crippen molar-refractivity contribution in [1.82, 2.24) is 4.57 Å². The van der Waals surface area contributed by atoms with E-state index in [4.69, 9.17) is 23.7 Å². The minimum Gasteiger partial charge on any atom is -0.496 e. The summed E-state index contributed by atoms with van der Waals surface area (Å²) in [7, 11) is 6.40. The Hall–Kier alpha value is -5.02. The molecule has 0 fully saturated rings. The first-order valence-electron chi connectivity index (χ1n) is 14.1. The van der Waals surface area contributed by atoms with Crippen LogP contribution in [0.3, 0.4) is 0 Å². The summed E-state index contributed by atoms with van der Waals surface area (Å²) < 4.78 is 30.4. The number of methoxy groups -OCH3 is 3. The van der Waals surface area contributed by atoms with Gasteiger partial charge in [0, 0.05) is 24.6 Å². The fraction of sp³-hybridized carbons (Fsp3) is 0.257. The van der Waals surface area contributed by atoms with Gasteiger partial charge in [-0.1, -0.05) is 30.3 Å². The van der Waals surface area contributed by atoms with Crippen LogP contribution in [0.5, 0.6) is 23.0 Å². The van der Waals surface area contributed by atoms with Crippen LogP contribution in [-0.4, -0.2) is 48.7 Å². The van der Waals surface area contributed by atoms with Crippen LogP contribution < -0.4 is 24.4 Å². The predicted molar refractivity (Wildman–Crippen MR) is 169 cm³/mol. The van der Waals surface area contributed by atoms with Crippen molar-refractivity contribution < 1.29 is 33.6 Å². The molecule has 2 unspecified atom stereocenters. The predicted octanol–water partition coefficient (Wildman–Crippen LogP) is 5.70. The maximum absolute atomic E-state index is 14.0. The highest BCUT2D eigenvalue weighted by atomic mass is 16.6. The third-order valence-electron chi connectivity index (χ3n) is 8.22. The van der Waals surface area contributed by atoms with Gasteiger partial charge in [0.1, 0.15) is 23.2 Å². The smallest absolute Gasteiger partial charge is 0.331 e. The average Bonchev–Trinajstić information content (AvgIpc) is 3.02. The number of rotatable bonds is 6. The number of benzene rings is 4. The van der Waals surface area contributed by atoms with Crippen LogP contribution in [0.1, 0.15) is 31.1 Å². The normalized spacial score (nSPS) is 17.4. The van der Waals surface area contributed by atoms with Gasteiger partial charge in [-0.05, 0) is 60.5 Å². The van der Waals surface area contributed by atoms with Gasteiger partial charge < -0.3 is 33.4 Å². The van der Waals surface area contributed by atoms with Gasteiger partial charge in [-0.25, -0.2) is 4.79 Å². The van der Waals surface area contributed by atoms with Crippen LogP contribution in [0.2, 0.25) is 0 Å². The van der Waals surface area contributed by atoms with Crippen molar-refractivity contribution in [3.05, 3.63) is 88.1 Å². The van der Waals surface area contributed by atoms with E-state index in [9.17, 15) is 14.7 Å². The van der Waals surface area contributed by atoms with Gasteiger partial charge in [-0.2, -0.15) is 0 Å². The topological polar surface area (TPSA) is 105 Å². The van der Waals surface area contributed by atoms with Gasteiger partial charge >= 0.3 is 5.97 Å². The average molecular weight is 596 g/mol. The molecule has 2 atom stereocenters. The van der Waals surface area contributed by atoms with Crippen LogP contribution in [-0.2, 0) is 16.6 Å². The third kappa shape index (κ3) is 4.69. The molecule has 9 heteroatoms. The van der Waals surface area contributed by atoms with Crippen molar-refractivity contribution in [2.24, 2.45) is 7.05 Å². The number of hydrogen-bond donors (Lipinski definition) is 1. The number of esters is 1. The second kappa shape index (κ2) is 10.9. The van der Waals surface area contributed by atoms with Gasteiger partial charge in [0.25, 0.3) is 0 Å². The Morgan fingerprint density at radius 2 is 1.61 bits per heavy atom. The van der Waals surface area contributed by atoms with Gasteiger partial charge in [0.2, 0.25) is 5.43 Å². The molecule has 9 nitrogen and oxygen atoms in total. The van der Waals surface area contributed by atoms with Crippen LogP contribution in [0.25, 0.3) is 38.7 Å². The number of nitrogens with zero attached hydrogens (tertiary/aromatic N) is 1. The first kappa shape index (κ1) is 29.1. The molecular formula is C35H33NO8. The molecule has 6 rings (SSSR count). The molecule has 0 saturated carbocycles. The molecule has 0 aliphatic carbocycles. The zero-order chi connectivity index (χ0) is 31.3. The van der Waals surface area contributed by atoms with E-state index in [1.807, 2.05) is 48.0 Å². The number of hydrogen-bond acceptors (Lipinski definition) is 8. The monoisotopic (exact) mass is 595 g/mol. The van der Waals surface area contributed by atoms with Gasteiger partial charge in [-0.15, -0.1) is 0 Å². The molecule has 1 N–H and O–H groups in total. The van der Waals surface area contributed by atoms with Crippen molar-refractivity contribution in [3.63, 3.8) is 0 Å². The molecule has 0 amide bonds. The summed E-state index contributed by atoms with van der Waals surface area (Å²) in [4.78, 5) is 27.1. The zero-order valence-corrected chi connectivity index (χ0v) is 25.3. The Morgan fingerprint density at radius 3 is 2.30 bits per heavy atom. The molecule has 4 aromatic carbocycles. The number of aromatic nitrogens is 1. The van der Waals surface area contributed by atoms with E-state index in [2.05, 4.69) is 0 Å². The number of pyridine rings is 1. The molecule has 5 aromatic rings. The fourth-order valence-electron chi connectivity index (χ4n) is 6.04. The number of aliphatic hydroxyl groups is 1. The van der Waals surface area contributed by atoms with Crippen molar-refractivity contribution in [3.8, 4) is 23.0 Å². The first-order chi connectivity index (χ1) is 21.1. The van der Waals surface area contributed by atoms with Crippen LogP contribution in [0, 0.1) is 0 Å². The molecular weight excluding hydrogens is 562 g/mol. The van der Waals surface area contributed by atoms with Gasteiger partial charge in [0.05, 0.1) is 43.3 Å². The lowest BCUT2D eigenvalue weighted by Crippen LogP contribution is -2.51. The molecule has 1 aromatic heterocycles. The minimum atomic E-state index is -1.32. The summed E-state index contributed by atoms with van der Waals surface area (Å²) in [6.07, 6.45) is 0.447. The molecule has 1 aliphatic rings. The van der Waals surface area contributed by atoms with Crippen LogP contribution in [0.4, 0.5) is 0 Å². The molecule has 2 heterocycles. The lowest BCUT2D eigenvalue weighted by Gasteiger charge is -2.42. The molecule has 0 spiro atoms. The zero-order valence-electron chi connectivity index (χ0n) is 25.3. The Morgan fingerprint density at radius 1 is 0.932 bits per heavy atom. The molecule has 0 saturated heterocycles. The standard InChI is InChI=1S/C35H33NO8/c1-35(2)34(43-28(37)14-12-19-11-13-24(40-4)25(15-19)41-5)33(39)30-27(44-35)18-26(42-6)29-31(30)36(3)23-17-21-10-8-7-9-20(21)16-22(23)32(29)38/h7-18,33-34,39H,1-6H3/b14-12+. The maximum Gasteiger partial charge on any atom is 0.331 e. The summed E-state index contributed by atoms with van der Waals surface area (Å²) in [6, 6.07) is 18.5. The van der Waals surface area contributed by atoms with E-state index in [1.54, 1.807) is 51.3 Å². The largest absolute Gasteiger partial charge is 0.496 e. The van der Waals surface area contributed by atoms with E-state index in [0.29, 0.717) is 55.9 Å². The Kier molecular flexibility index (Phi) is 7.21. The lowest BCUT2D eigenvalue weighted by molar-refractivity contribution is -0.171. The Labute approximate surface area is 253 Å². The van der Waals surface area contributed by atoms with E-state index in [1.165, 1.54) is 20.3 Å². The number of aliphatic hydroxyl groups excluding tert-OH is 1. The van der Waals surface area contributed by atoms with Crippen LogP contribution in [0.15, 0.2) is 71.5 Å². The molecule has 44 heavy (non-hydrogen) atoms. The van der Waals surface area contributed by atoms with Crippen molar-refractivity contribution >= 4 is 44.6 Å². The number of aryl methyl sites for hydroxylation is 1. The quantitative estimate of drug-likeness (QED) is 0.151. The highest BCUT2D eigenvalue weighted by Crippen LogP contribution is 2.47. The summed E-state index contributed by atoms with van der Waals surface area (Å²) in [5, 5.41) is 14.6. The second-order valence-electron chi connectivity index (χ2n) is 11.3. The molecule has 1 aliphatic heterocycles. The van der Waals surface area contributed by atoms with E-state index < -0.39 is 23.8 Å². The lowest BCUT2D eigenvalue weighted by atomic mass is 9.86. The number of fused-ring (bicyclic) bond motifs is 5. The van der Waals surface area contributed by atoms with Crippen molar-refractivity contribution in [2.75, 3.05) is 21.3 Å². The summed E-state index contributed by atoms with van der Waals surface area (Å²) >= 11 is 0. The Bertz CT molecular complexity index is 2040. The highest BCUT2D eigenvalue weighted by Gasteiger charge is 2.47. The molecule has 0 radical (unpaired) electrons. The fourth-order valence-corrected chi connectivity index (χ4v) is 6.04. The maximum atomic E-state index is 14.0. The number of carbonyl (C=O) groups is 1. The number of carbonyl (C=O) groups excluding carboxylic acids is 1. The highest BCUT2D eigenvalue weighted by molar-refractivity contribution is 6.04. The first-order valence-corrected chi connectivity index (χ1v) is 14.1. The van der Waals surface area contributed by atoms with E-state index >= 15 is 0 Å². The second-order valence-corrected chi connectivity index (χ2v) is 11.3. The van der Waals surface area contributed by atoms with Gasteiger partial charge in [0.15, 0.2) is 17.6 Å². The summed E-state index contributed by atoms with van der Waals surface area (Å²) in [6.45, 7) is 3.47. The molecule has 226 valence electrons. The van der Waals surface area contributed by atoms with E-state index in [-0.39, 0.29) is 5.43 Å². The summed E-state index contributed by atoms with van der Waals surface area (Å²) in [5.41, 5.74) is 0.803. The van der Waals surface area contributed by atoms with Crippen molar-refractivity contribution in [2.45, 2.75) is 31.7 Å². The SMILES string of the molecule is COc1ccc(/C=C/C(=O)OC2C(O)c3c(cc(OC)c4c(=O)c5cc6ccccc6cc5n(C)c34)OC2(C)C)cc1OC. The summed E-state index contributed by atoms with van der Waals surface area (Å²) in [5.74, 6) is 1.08.